The van der Waals surface area contributed by atoms with Gasteiger partial charge in [0.1, 0.15) is 0 Å². The van der Waals surface area contributed by atoms with Gasteiger partial charge in [0.15, 0.2) is 0 Å². The molecule has 22 heavy (non-hydrogen) atoms. The Bertz CT molecular complexity index is 687. The summed E-state index contributed by atoms with van der Waals surface area (Å²) in [7, 11) is 0. The highest BCUT2D eigenvalue weighted by Crippen LogP contribution is 2.61. The Hall–Kier alpha value is -1.90. The standard InChI is InChI=1S/C20H20O2/c1-19-13-7-3-5-9-15(13)20(2,18(12-22)17(19)11-21)16-10-6-4-8-14(16)19/h3-10,21-22H,11-12H2,1-2H3. The first-order valence-electron chi connectivity index (χ1n) is 7.74. The van der Waals surface area contributed by atoms with Gasteiger partial charge in [-0.25, -0.2) is 0 Å². The van der Waals surface area contributed by atoms with Gasteiger partial charge in [-0.2, -0.15) is 0 Å². The molecule has 0 saturated heterocycles. The van der Waals surface area contributed by atoms with E-state index in [-0.39, 0.29) is 24.0 Å². The van der Waals surface area contributed by atoms with Crippen molar-refractivity contribution in [3.63, 3.8) is 0 Å². The van der Waals surface area contributed by atoms with E-state index in [4.69, 9.17) is 0 Å². The molecule has 0 saturated carbocycles. The van der Waals surface area contributed by atoms with Crippen molar-refractivity contribution >= 4 is 0 Å². The van der Waals surface area contributed by atoms with Crippen LogP contribution >= 0.6 is 0 Å². The van der Waals surface area contributed by atoms with Crippen LogP contribution in [0.5, 0.6) is 0 Å². The minimum atomic E-state index is -0.363. The molecule has 112 valence electrons. The van der Waals surface area contributed by atoms with E-state index in [1.165, 1.54) is 22.3 Å². The third-order valence-electron chi connectivity index (χ3n) is 5.90. The van der Waals surface area contributed by atoms with E-state index in [0.29, 0.717) is 0 Å². The minimum absolute atomic E-state index is 0.0232. The van der Waals surface area contributed by atoms with Crippen LogP contribution in [0.2, 0.25) is 0 Å². The van der Waals surface area contributed by atoms with Crippen molar-refractivity contribution in [2.75, 3.05) is 13.2 Å². The predicted molar refractivity (Wildman–Crippen MR) is 87.0 cm³/mol. The third-order valence-corrected chi connectivity index (χ3v) is 5.90. The van der Waals surface area contributed by atoms with Crippen molar-refractivity contribution in [3.8, 4) is 0 Å². The Morgan fingerprint density at radius 2 is 0.909 bits per heavy atom. The van der Waals surface area contributed by atoms with Crippen LogP contribution in [0, 0.1) is 0 Å². The van der Waals surface area contributed by atoms with Crippen molar-refractivity contribution < 1.29 is 10.2 Å². The summed E-state index contributed by atoms with van der Waals surface area (Å²) in [5.41, 5.74) is 6.17. The lowest BCUT2D eigenvalue weighted by Gasteiger charge is -2.55. The molecule has 3 aliphatic carbocycles. The highest BCUT2D eigenvalue weighted by atomic mass is 16.3. The van der Waals surface area contributed by atoms with E-state index in [0.717, 1.165) is 11.1 Å². The summed E-state index contributed by atoms with van der Waals surface area (Å²) in [4.78, 5) is 0. The first-order valence-corrected chi connectivity index (χ1v) is 7.74. The second-order valence-electron chi connectivity index (χ2n) is 6.61. The van der Waals surface area contributed by atoms with Gasteiger partial charge in [0.2, 0.25) is 0 Å². The van der Waals surface area contributed by atoms with Gasteiger partial charge >= 0.3 is 0 Å². The van der Waals surface area contributed by atoms with E-state index in [1.807, 2.05) is 0 Å². The minimum Gasteiger partial charge on any atom is -0.392 e. The summed E-state index contributed by atoms with van der Waals surface area (Å²) >= 11 is 0. The van der Waals surface area contributed by atoms with Crippen molar-refractivity contribution in [2.45, 2.75) is 24.7 Å². The molecule has 3 aliphatic rings. The van der Waals surface area contributed by atoms with E-state index in [9.17, 15) is 10.2 Å². The molecular weight excluding hydrogens is 272 g/mol. The summed E-state index contributed by atoms with van der Waals surface area (Å²) in [6.45, 7) is 4.30. The molecule has 0 unspecified atom stereocenters. The number of aliphatic hydroxyl groups is 2. The molecule has 2 aromatic rings. The van der Waals surface area contributed by atoms with Gasteiger partial charge in [-0.3, -0.25) is 0 Å². The van der Waals surface area contributed by atoms with Gasteiger partial charge in [-0.1, -0.05) is 48.5 Å². The molecule has 0 heterocycles. The lowest BCUT2D eigenvalue weighted by atomic mass is 9.48. The number of aliphatic hydroxyl groups excluding tert-OH is 2. The predicted octanol–water partition coefficient (Wildman–Crippen LogP) is 2.91. The first kappa shape index (κ1) is 13.7. The van der Waals surface area contributed by atoms with Crippen molar-refractivity contribution in [1.82, 2.24) is 0 Å². The van der Waals surface area contributed by atoms with Crippen LogP contribution in [-0.4, -0.2) is 23.4 Å². The van der Waals surface area contributed by atoms with Gasteiger partial charge in [-0.15, -0.1) is 0 Å². The largest absolute Gasteiger partial charge is 0.392 e. The molecular formula is C20H20O2. The molecule has 0 radical (unpaired) electrons. The second-order valence-corrected chi connectivity index (χ2v) is 6.61. The summed E-state index contributed by atoms with van der Waals surface area (Å²) in [6, 6.07) is 16.9. The van der Waals surface area contributed by atoms with Crippen LogP contribution < -0.4 is 0 Å². The Morgan fingerprint density at radius 1 is 0.636 bits per heavy atom. The Morgan fingerprint density at radius 3 is 1.14 bits per heavy atom. The number of benzene rings is 2. The monoisotopic (exact) mass is 292 g/mol. The Balaban J connectivity index is 2.22. The molecule has 2 bridgehead atoms. The molecule has 0 aliphatic heterocycles. The average Bonchev–Trinajstić information content (AvgIpc) is 2.57. The number of rotatable bonds is 2. The molecule has 2 N–H and O–H groups in total. The smallest absolute Gasteiger partial charge is 0.0657 e. The summed E-state index contributed by atoms with van der Waals surface area (Å²) in [6.07, 6.45) is 0. The SMILES string of the molecule is CC12C(CO)=C(CO)C(C)(c3ccccc31)c1ccccc12. The van der Waals surface area contributed by atoms with E-state index < -0.39 is 0 Å². The van der Waals surface area contributed by atoms with Crippen LogP contribution in [-0.2, 0) is 10.8 Å². The highest BCUT2D eigenvalue weighted by Gasteiger charge is 2.55. The average molecular weight is 292 g/mol. The Kier molecular flexibility index (Phi) is 2.69. The zero-order valence-electron chi connectivity index (χ0n) is 12.9. The van der Waals surface area contributed by atoms with Gasteiger partial charge in [-0.05, 0) is 47.2 Å². The second kappa shape index (κ2) is 4.31. The maximum Gasteiger partial charge on any atom is 0.0657 e. The molecule has 0 aromatic heterocycles. The number of hydrogen-bond donors (Lipinski definition) is 2. The molecule has 2 heteroatoms. The molecule has 2 nitrogen and oxygen atoms in total. The fourth-order valence-corrected chi connectivity index (χ4v) is 4.76. The van der Waals surface area contributed by atoms with Gasteiger partial charge < -0.3 is 10.2 Å². The van der Waals surface area contributed by atoms with E-state index in [2.05, 4.69) is 62.4 Å². The van der Waals surface area contributed by atoms with Crippen LogP contribution in [0.25, 0.3) is 0 Å². The lowest BCUT2D eigenvalue weighted by molar-refractivity contribution is 0.270. The maximum absolute atomic E-state index is 10.1. The zero-order chi connectivity index (χ0) is 15.5. The van der Waals surface area contributed by atoms with Crippen LogP contribution in [0.3, 0.4) is 0 Å². The summed E-state index contributed by atoms with van der Waals surface area (Å²) < 4.78 is 0. The maximum atomic E-state index is 10.1. The molecule has 0 fully saturated rings. The first-order chi connectivity index (χ1) is 10.6. The normalized spacial score (nSPS) is 28.5. The highest BCUT2D eigenvalue weighted by molar-refractivity contribution is 5.72. The quantitative estimate of drug-likeness (QED) is 0.836. The van der Waals surface area contributed by atoms with Crippen molar-refractivity contribution in [1.29, 1.82) is 0 Å². The summed E-state index contributed by atoms with van der Waals surface area (Å²) in [5, 5.41) is 20.2. The van der Waals surface area contributed by atoms with Crippen LogP contribution in [0.4, 0.5) is 0 Å². The van der Waals surface area contributed by atoms with E-state index in [1.54, 1.807) is 0 Å². The van der Waals surface area contributed by atoms with Crippen molar-refractivity contribution in [2.24, 2.45) is 0 Å². The number of hydrogen-bond acceptors (Lipinski definition) is 2. The van der Waals surface area contributed by atoms with Gasteiger partial charge in [0.05, 0.1) is 13.2 Å². The topological polar surface area (TPSA) is 40.5 Å². The zero-order valence-corrected chi connectivity index (χ0v) is 12.9. The fraction of sp³-hybridized carbons (Fsp3) is 0.300. The van der Waals surface area contributed by atoms with Gasteiger partial charge in [0, 0.05) is 10.8 Å². The molecule has 0 atom stereocenters. The molecule has 0 spiro atoms. The lowest BCUT2D eigenvalue weighted by Crippen LogP contribution is -2.50. The van der Waals surface area contributed by atoms with E-state index >= 15 is 0 Å². The van der Waals surface area contributed by atoms with Gasteiger partial charge in [0.25, 0.3) is 0 Å². The Labute approximate surface area is 130 Å². The molecule has 0 amide bonds. The molecule has 5 rings (SSSR count). The summed E-state index contributed by atoms with van der Waals surface area (Å²) in [5.74, 6) is 0. The third kappa shape index (κ3) is 1.29. The van der Waals surface area contributed by atoms with Crippen molar-refractivity contribution in [3.05, 3.63) is 81.9 Å². The fourth-order valence-electron chi connectivity index (χ4n) is 4.76. The van der Waals surface area contributed by atoms with Crippen LogP contribution in [0.15, 0.2) is 59.7 Å². The molecule has 2 aromatic carbocycles. The van der Waals surface area contributed by atoms with Crippen LogP contribution in [0.1, 0.15) is 36.1 Å².